The van der Waals surface area contributed by atoms with Crippen LogP contribution in [0.5, 0.6) is 11.5 Å². The van der Waals surface area contributed by atoms with Gasteiger partial charge in [0, 0.05) is 13.0 Å². The lowest BCUT2D eigenvalue weighted by molar-refractivity contribution is -0.137. The van der Waals surface area contributed by atoms with Crippen molar-refractivity contribution in [3.63, 3.8) is 0 Å². The summed E-state index contributed by atoms with van der Waals surface area (Å²) in [4.78, 5) is 10.9. The molecule has 0 bridgehead atoms. The Hall–Kier alpha value is -3.31. The van der Waals surface area contributed by atoms with E-state index in [2.05, 4.69) is 0 Å². The highest BCUT2D eigenvalue weighted by Crippen LogP contribution is 2.41. The van der Waals surface area contributed by atoms with E-state index in [1.807, 2.05) is 78.9 Å². The smallest absolute Gasteiger partial charge is 0.303 e. The van der Waals surface area contributed by atoms with Gasteiger partial charge in [-0.2, -0.15) is 0 Å². The van der Waals surface area contributed by atoms with Gasteiger partial charge in [0.1, 0.15) is 17.1 Å². The molecule has 0 fully saturated rings. The summed E-state index contributed by atoms with van der Waals surface area (Å²) in [5.74, 6) is 0.739. The Balaban J connectivity index is 2.08. The zero-order valence-corrected chi connectivity index (χ0v) is 17.9. The van der Waals surface area contributed by atoms with Gasteiger partial charge in [-0.25, -0.2) is 0 Å². The lowest BCUT2D eigenvalue weighted by Gasteiger charge is -2.36. The minimum Gasteiger partial charge on any atom is -0.497 e. The van der Waals surface area contributed by atoms with Crippen LogP contribution in [0.25, 0.3) is 0 Å². The Kier molecular flexibility index (Phi) is 7.68. The van der Waals surface area contributed by atoms with Crippen LogP contribution in [0.1, 0.15) is 36.0 Å². The monoisotopic (exact) mass is 420 g/mol. The average Bonchev–Trinajstić information content (AvgIpc) is 2.82. The molecule has 0 saturated heterocycles. The fourth-order valence-electron chi connectivity index (χ4n) is 3.68. The Labute approximate surface area is 183 Å². The van der Waals surface area contributed by atoms with Crippen molar-refractivity contribution < 1.29 is 24.1 Å². The minimum absolute atomic E-state index is 0.132. The molecule has 0 amide bonds. The molecule has 3 aromatic carbocycles. The van der Waals surface area contributed by atoms with E-state index in [0.29, 0.717) is 19.4 Å². The molecule has 0 unspecified atom stereocenters. The number of carbonyl (C=O) groups is 1. The highest BCUT2D eigenvalue weighted by Gasteiger charge is 2.37. The Morgan fingerprint density at radius 2 is 1.23 bits per heavy atom. The molecular formula is C26H28O5. The van der Waals surface area contributed by atoms with Crippen LogP contribution in [-0.4, -0.2) is 31.9 Å². The maximum atomic E-state index is 10.9. The van der Waals surface area contributed by atoms with Crippen molar-refractivity contribution in [3.05, 3.63) is 95.6 Å². The van der Waals surface area contributed by atoms with Crippen molar-refractivity contribution in [3.8, 4) is 11.5 Å². The number of rotatable bonds is 11. The maximum absolute atomic E-state index is 10.9. The Morgan fingerprint density at radius 3 is 1.68 bits per heavy atom. The molecule has 0 atom stereocenters. The zero-order chi connectivity index (χ0) is 22.1. The first kappa shape index (κ1) is 22.4. The number of hydrogen-bond acceptors (Lipinski definition) is 4. The average molecular weight is 421 g/mol. The van der Waals surface area contributed by atoms with Gasteiger partial charge >= 0.3 is 5.97 Å². The summed E-state index contributed by atoms with van der Waals surface area (Å²) in [6.07, 6.45) is 1.34. The molecule has 31 heavy (non-hydrogen) atoms. The van der Waals surface area contributed by atoms with Gasteiger partial charge < -0.3 is 19.3 Å². The van der Waals surface area contributed by atoms with Crippen LogP contribution in [0, 0.1) is 0 Å². The van der Waals surface area contributed by atoms with Gasteiger partial charge in [0.15, 0.2) is 0 Å². The molecule has 0 radical (unpaired) electrons. The summed E-state index contributed by atoms with van der Waals surface area (Å²) >= 11 is 0. The van der Waals surface area contributed by atoms with E-state index in [1.165, 1.54) is 0 Å². The van der Waals surface area contributed by atoms with Crippen LogP contribution in [0.3, 0.4) is 0 Å². The van der Waals surface area contributed by atoms with Gasteiger partial charge in [0.2, 0.25) is 0 Å². The fraction of sp³-hybridized carbons (Fsp3) is 0.269. The minimum atomic E-state index is -0.858. The molecule has 1 N–H and O–H groups in total. The summed E-state index contributed by atoms with van der Waals surface area (Å²) < 4.78 is 17.3. The van der Waals surface area contributed by atoms with Crippen LogP contribution in [0.15, 0.2) is 78.9 Å². The molecule has 0 aliphatic carbocycles. The van der Waals surface area contributed by atoms with Crippen molar-refractivity contribution in [2.75, 3.05) is 20.8 Å². The summed E-state index contributed by atoms with van der Waals surface area (Å²) in [7, 11) is 3.28. The third kappa shape index (κ3) is 5.25. The quantitative estimate of drug-likeness (QED) is 0.338. The number of hydrogen-bond donors (Lipinski definition) is 1. The highest BCUT2D eigenvalue weighted by atomic mass is 16.5. The third-order valence-corrected chi connectivity index (χ3v) is 5.28. The SMILES string of the molecule is COc1ccc(C(OCCCCC(=O)O)(c2ccccc2)c2ccc(OC)cc2)cc1. The summed E-state index contributed by atoms with van der Waals surface area (Å²) in [5.41, 5.74) is 2.05. The molecule has 0 heterocycles. The van der Waals surface area contributed by atoms with Gasteiger partial charge in [-0.1, -0.05) is 54.6 Å². The molecule has 0 aliphatic heterocycles. The molecule has 5 nitrogen and oxygen atoms in total. The second-order valence-electron chi connectivity index (χ2n) is 7.20. The van der Waals surface area contributed by atoms with Gasteiger partial charge in [-0.15, -0.1) is 0 Å². The van der Waals surface area contributed by atoms with Gasteiger partial charge in [0.25, 0.3) is 0 Å². The second kappa shape index (κ2) is 10.6. The number of carboxylic acids is 1. The van der Waals surface area contributed by atoms with Crippen LogP contribution < -0.4 is 9.47 Å². The number of carboxylic acid groups (broad SMARTS) is 1. The van der Waals surface area contributed by atoms with Crippen molar-refractivity contribution in [2.45, 2.75) is 24.9 Å². The predicted molar refractivity (Wildman–Crippen MR) is 120 cm³/mol. The summed E-state index contributed by atoms with van der Waals surface area (Å²) in [6, 6.07) is 25.8. The largest absolute Gasteiger partial charge is 0.497 e. The normalized spacial score (nSPS) is 11.2. The lowest BCUT2D eigenvalue weighted by Crippen LogP contribution is -2.33. The van der Waals surface area contributed by atoms with Crippen molar-refractivity contribution in [1.29, 1.82) is 0 Å². The molecule has 0 aliphatic rings. The molecular weight excluding hydrogens is 392 g/mol. The number of ether oxygens (including phenoxy) is 3. The molecule has 3 rings (SSSR count). The second-order valence-corrected chi connectivity index (χ2v) is 7.20. The first-order valence-corrected chi connectivity index (χ1v) is 10.3. The van der Waals surface area contributed by atoms with E-state index in [0.717, 1.165) is 28.2 Å². The van der Waals surface area contributed by atoms with Gasteiger partial charge in [-0.3, -0.25) is 4.79 Å². The molecule has 0 aromatic heterocycles. The molecule has 3 aromatic rings. The maximum Gasteiger partial charge on any atom is 0.303 e. The Bertz CT molecular complexity index is 902. The highest BCUT2D eigenvalue weighted by molar-refractivity contribution is 5.66. The van der Waals surface area contributed by atoms with E-state index in [-0.39, 0.29) is 6.42 Å². The van der Waals surface area contributed by atoms with Crippen molar-refractivity contribution in [1.82, 2.24) is 0 Å². The van der Waals surface area contributed by atoms with Gasteiger partial charge in [0.05, 0.1) is 14.2 Å². The van der Waals surface area contributed by atoms with Crippen LogP contribution >= 0.6 is 0 Å². The van der Waals surface area contributed by atoms with Gasteiger partial charge in [-0.05, 0) is 53.8 Å². The number of methoxy groups -OCH3 is 2. The fourth-order valence-corrected chi connectivity index (χ4v) is 3.68. The van der Waals surface area contributed by atoms with Crippen LogP contribution in [-0.2, 0) is 15.1 Å². The van der Waals surface area contributed by atoms with E-state index >= 15 is 0 Å². The number of aliphatic carboxylic acids is 1. The molecule has 162 valence electrons. The Morgan fingerprint density at radius 1 is 0.742 bits per heavy atom. The molecule has 0 saturated carbocycles. The number of unbranched alkanes of at least 4 members (excludes halogenated alkanes) is 1. The molecule has 0 spiro atoms. The summed E-state index contributed by atoms with van der Waals surface area (Å²) in [5, 5.41) is 8.94. The number of benzene rings is 3. The lowest BCUT2D eigenvalue weighted by atomic mass is 9.80. The first-order valence-electron chi connectivity index (χ1n) is 10.3. The summed E-state index contributed by atoms with van der Waals surface area (Å²) in [6.45, 7) is 0.417. The van der Waals surface area contributed by atoms with Crippen LogP contribution in [0.4, 0.5) is 0 Å². The first-order chi connectivity index (χ1) is 15.1. The predicted octanol–water partition coefficient (Wildman–Crippen LogP) is 5.27. The standard InChI is InChI=1S/C26H28O5/c1-29-23-15-11-21(12-16-23)26(20-8-4-3-5-9-20,31-19-7-6-10-25(27)28)22-13-17-24(30-2)18-14-22/h3-5,8-9,11-18H,6-7,10,19H2,1-2H3,(H,27,28). The topological polar surface area (TPSA) is 65.0 Å². The van der Waals surface area contributed by atoms with E-state index in [1.54, 1.807) is 14.2 Å². The van der Waals surface area contributed by atoms with Crippen LogP contribution in [0.2, 0.25) is 0 Å². The van der Waals surface area contributed by atoms with E-state index in [9.17, 15) is 4.79 Å². The molecule has 5 heteroatoms. The van der Waals surface area contributed by atoms with Crippen molar-refractivity contribution >= 4 is 5.97 Å². The van der Waals surface area contributed by atoms with E-state index in [4.69, 9.17) is 19.3 Å². The zero-order valence-electron chi connectivity index (χ0n) is 17.9. The third-order valence-electron chi connectivity index (χ3n) is 5.28. The van der Waals surface area contributed by atoms with E-state index < -0.39 is 11.6 Å². The van der Waals surface area contributed by atoms with Crippen molar-refractivity contribution in [2.24, 2.45) is 0 Å².